The molecule has 1 amide bonds. The molecule has 2 aliphatic rings. The predicted octanol–water partition coefficient (Wildman–Crippen LogP) is 1.59. The molecule has 2 saturated heterocycles. The summed E-state index contributed by atoms with van der Waals surface area (Å²) in [7, 11) is 0. The van der Waals surface area contributed by atoms with E-state index in [4.69, 9.17) is 0 Å². The molecule has 0 saturated carbocycles. The zero-order valence-corrected chi connectivity index (χ0v) is 11.1. The van der Waals surface area contributed by atoms with E-state index in [1.165, 1.54) is 5.06 Å². The molecule has 0 aromatic carbocycles. The van der Waals surface area contributed by atoms with E-state index in [0.717, 1.165) is 25.9 Å². The molecule has 4 nitrogen and oxygen atoms in total. The third kappa shape index (κ3) is 2.80. The molecule has 0 aliphatic carbocycles. The summed E-state index contributed by atoms with van der Waals surface area (Å²) in [5.74, 6) is 0.610. The molecular formula is C13H24N2O2. The normalized spacial score (nSPS) is 31.2. The number of hydrogen-bond donors (Lipinski definition) is 1. The van der Waals surface area contributed by atoms with Crippen LogP contribution in [0.25, 0.3) is 0 Å². The summed E-state index contributed by atoms with van der Waals surface area (Å²) in [5.41, 5.74) is 0.148. The highest BCUT2D eigenvalue weighted by atomic mass is 16.5. The van der Waals surface area contributed by atoms with Crippen LogP contribution in [0.1, 0.15) is 33.6 Å². The van der Waals surface area contributed by atoms with E-state index >= 15 is 0 Å². The van der Waals surface area contributed by atoms with Crippen molar-refractivity contribution in [3.05, 3.63) is 0 Å². The fourth-order valence-corrected chi connectivity index (χ4v) is 2.68. The van der Waals surface area contributed by atoms with Gasteiger partial charge in [0, 0.05) is 26.2 Å². The summed E-state index contributed by atoms with van der Waals surface area (Å²) in [6.07, 6.45) is 2.04. The average Bonchev–Trinajstić information content (AvgIpc) is 2.12. The molecule has 2 rings (SSSR count). The number of likely N-dealkylation sites (tertiary alicyclic amines) is 1. The quantitative estimate of drug-likeness (QED) is 0.757. The van der Waals surface area contributed by atoms with Gasteiger partial charge < -0.3 is 10.1 Å². The number of carbonyl (C=O) groups excluding carboxylic acids is 1. The van der Waals surface area contributed by atoms with Crippen molar-refractivity contribution < 1.29 is 10.0 Å². The molecule has 0 radical (unpaired) electrons. The topological polar surface area (TPSA) is 43.8 Å². The van der Waals surface area contributed by atoms with Crippen LogP contribution in [0, 0.1) is 17.3 Å². The van der Waals surface area contributed by atoms with Crippen LogP contribution < -0.4 is 0 Å². The summed E-state index contributed by atoms with van der Waals surface area (Å²) >= 11 is 0. The Morgan fingerprint density at radius 3 is 2.35 bits per heavy atom. The largest absolute Gasteiger partial charge is 0.342 e. The van der Waals surface area contributed by atoms with Crippen molar-refractivity contribution in [1.29, 1.82) is 0 Å². The van der Waals surface area contributed by atoms with Gasteiger partial charge in [0.25, 0.3) is 0 Å². The second-order valence-corrected chi connectivity index (χ2v) is 6.55. The minimum Gasteiger partial charge on any atom is -0.342 e. The Bertz CT molecular complexity index is 294. The highest BCUT2D eigenvalue weighted by Gasteiger charge is 2.38. The van der Waals surface area contributed by atoms with E-state index in [1.807, 2.05) is 4.90 Å². The molecule has 17 heavy (non-hydrogen) atoms. The van der Waals surface area contributed by atoms with Gasteiger partial charge in [-0.3, -0.25) is 4.79 Å². The van der Waals surface area contributed by atoms with E-state index in [2.05, 4.69) is 20.8 Å². The van der Waals surface area contributed by atoms with E-state index in [1.54, 1.807) is 0 Å². The van der Waals surface area contributed by atoms with Crippen molar-refractivity contribution in [3.63, 3.8) is 0 Å². The minimum atomic E-state index is -0.0155. The van der Waals surface area contributed by atoms with Crippen LogP contribution >= 0.6 is 0 Å². The lowest BCUT2D eigenvalue weighted by Crippen LogP contribution is -2.52. The highest BCUT2D eigenvalue weighted by Crippen LogP contribution is 2.35. The van der Waals surface area contributed by atoms with Crippen molar-refractivity contribution in [3.8, 4) is 0 Å². The molecule has 0 bridgehead atoms. The van der Waals surface area contributed by atoms with Gasteiger partial charge in [-0.2, -0.15) is 5.06 Å². The first-order valence-electron chi connectivity index (χ1n) is 6.60. The predicted molar refractivity (Wildman–Crippen MR) is 65.6 cm³/mol. The monoisotopic (exact) mass is 240 g/mol. The highest BCUT2D eigenvalue weighted by molar-refractivity contribution is 5.79. The molecule has 2 aliphatic heterocycles. The van der Waals surface area contributed by atoms with Gasteiger partial charge >= 0.3 is 0 Å². The lowest BCUT2D eigenvalue weighted by Gasteiger charge is -2.43. The summed E-state index contributed by atoms with van der Waals surface area (Å²) in [5, 5.41) is 11.1. The van der Waals surface area contributed by atoms with Crippen LogP contribution in [0.4, 0.5) is 0 Å². The Kier molecular flexibility index (Phi) is 3.46. The fourth-order valence-electron chi connectivity index (χ4n) is 2.68. The van der Waals surface area contributed by atoms with Crippen LogP contribution in [0.5, 0.6) is 0 Å². The molecular weight excluding hydrogens is 216 g/mol. The Morgan fingerprint density at radius 2 is 1.88 bits per heavy atom. The third-order valence-corrected chi connectivity index (χ3v) is 4.17. The van der Waals surface area contributed by atoms with Crippen molar-refractivity contribution in [2.45, 2.75) is 33.6 Å². The van der Waals surface area contributed by atoms with Gasteiger partial charge in [-0.05, 0) is 24.2 Å². The molecule has 0 unspecified atom stereocenters. The van der Waals surface area contributed by atoms with Crippen molar-refractivity contribution >= 4 is 5.91 Å². The molecule has 1 N–H and O–H groups in total. The second-order valence-electron chi connectivity index (χ2n) is 6.55. The summed E-state index contributed by atoms with van der Waals surface area (Å²) < 4.78 is 0. The smallest absolute Gasteiger partial charge is 0.227 e. The molecule has 0 spiro atoms. The Balaban J connectivity index is 2.00. The van der Waals surface area contributed by atoms with Gasteiger partial charge in [-0.1, -0.05) is 20.8 Å². The number of hydroxylamine groups is 2. The van der Waals surface area contributed by atoms with Crippen LogP contribution in [0.2, 0.25) is 0 Å². The number of nitrogens with zero attached hydrogens (tertiary/aromatic N) is 2. The average molecular weight is 240 g/mol. The Labute approximate surface area is 104 Å². The SMILES string of the molecule is CC(C)(C)[C@H]1C[C@H](C(=O)N2CCC2)CN(O)C1. The maximum absolute atomic E-state index is 12.2. The first-order chi connectivity index (χ1) is 7.88. The maximum Gasteiger partial charge on any atom is 0.227 e. The van der Waals surface area contributed by atoms with Crippen molar-refractivity contribution in [2.24, 2.45) is 17.3 Å². The molecule has 2 atom stereocenters. The molecule has 98 valence electrons. The van der Waals surface area contributed by atoms with Crippen LogP contribution in [0.3, 0.4) is 0 Å². The molecule has 2 fully saturated rings. The number of rotatable bonds is 1. The first-order valence-corrected chi connectivity index (χ1v) is 6.60. The van der Waals surface area contributed by atoms with Gasteiger partial charge in [-0.25, -0.2) is 0 Å². The Morgan fingerprint density at radius 1 is 1.24 bits per heavy atom. The lowest BCUT2D eigenvalue weighted by molar-refractivity contribution is -0.165. The molecule has 0 aromatic rings. The standard InChI is InChI=1S/C13H24N2O2/c1-13(2,3)11-7-10(8-15(17)9-11)12(16)14-5-4-6-14/h10-11,17H,4-9H2,1-3H3/t10-,11-/m0/s1. The zero-order chi connectivity index (χ0) is 12.6. The molecule has 2 heterocycles. The fraction of sp³-hybridized carbons (Fsp3) is 0.923. The second kappa shape index (κ2) is 4.58. The first kappa shape index (κ1) is 12.8. The van der Waals surface area contributed by atoms with E-state index < -0.39 is 0 Å². The third-order valence-electron chi connectivity index (χ3n) is 4.17. The van der Waals surface area contributed by atoms with Crippen molar-refractivity contribution in [1.82, 2.24) is 9.96 Å². The number of carbonyl (C=O) groups is 1. The summed E-state index contributed by atoms with van der Waals surface area (Å²) in [4.78, 5) is 14.1. The van der Waals surface area contributed by atoms with Gasteiger partial charge in [0.1, 0.15) is 0 Å². The van der Waals surface area contributed by atoms with E-state index in [0.29, 0.717) is 19.0 Å². The summed E-state index contributed by atoms with van der Waals surface area (Å²) in [6, 6.07) is 0. The minimum absolute atomic E-state index is 0.0155. The van der Waals surface area contributed by atoms with Gasteiger partial charge in [0.05, 0.1) is 5.92 Å². The van der Waals surface area contributed by atoms with Gasteiger partial charge in [-0.15, -0.1) is 0 Å². The molecule has 4 heteroatoms. The number of hydrogen-bond acceptors (Lipinski definition) is 3. The van der Waals surface area contributed by atoms with Gasteiger partial charge in [0.15, 0.2) is 0 Å². The van der Waals surface area contributed by atoms with E-state index in [9.17, 15) is 10.0 Å². The van der Waals surface area contributed by atoms with Crippen LogP contribution in [0.15, 0.2) is 0 Å². The van der Waals surface area contributed by atoms with E-state index in [-0.39, 0.29) is 17.2 Å². The van der Waals surface area contributed by atoms with Crippen LogP contribution in [-0.2, 0) is 4.79 Å². The Hall–Kier alpha value is -0.610. The van der Waals surface area contributed by atoms with Crippen molar-refractivity contribution in [2.75, 3.05) is 26.2 Å². The number of piperidine rings is 1. The number of amides is 1. The summed E-state index contributed by atoms with van der Waals surface area (Å²) in [6.45, 7) is 9.54. The lowest BCUT2D eigenvalue weighted by atomic mass is 9.73. The molecule has 0 aromatic heterocycles. The zero-order valence-electron chi connectivity index (χ0n) is 11.1. The van der Waals surface area contributed by atoms with Crippen LogP contribution in [-0.4, -0.2) is 47.3 Å². The maximum atomic E-state index is 12.2. The van der Waals surface area contributed by atoms with Gasteiger partial charge in [0.2, 0.25) is 5.91 Å².